The van der Waals surface area contributed by atoms with E-state index in [-0.39, 0.29) is 6.61 Å². The van der Waals surface area contributed by atoms with Gasteiger partial charge >= 0.3 is 0 Å². The Balaban J connectivity index is 2.41. The summed E-state index contributed by atoms with van der Waals surface area (Å²) in [5.74, 6) is 0. The second-order valence-corrected chi connectivity index (χ2v) is 6.27. The molecule has 2 aromatic rings. The summed E-state index contributed by atoms with van der Waals surface area (Å²) < 4.78 is 0.990. The van der Waals surface area contributed by atoms with Gasteiger partial charge in [-0.05, 0) is 60.0 Å². The summed E-state index contributed by atoms with van der Waals surface area (Å²) in [6, 6.07) is 14.3. The molecule has 3 heteroatoms. The van der Waals surface area contributed by atoms with E-state index in [1.165, 1.54) is 11.1 Å². The van der Waals surface area contributed by atoms with E-state index < -0.39 is 5.54 Å². The first-order valence-corrected chi connectivity index (χ1v) is 7.47. The number of hydrogen-bond donors (Lipinski definition) is 2. The molecule has 0 heterocycles. The second-order valence-electron chi connectivity index (χ2n) is 5.41. The summed E-state index contributed by atoms with van der Waals surface area (Å²) in [5, 5.41) is 13.4. The minimum Gasteiger partial charge on any atom is -0.394 e. The lowest BCUT2D eigenvalue weighted by Gasteiger charge is -2.32. The zero-order valence-corrected chi connectivity index (χ0v) is 13.7. The molecule has 0 saturated heterocycles. The van der Waals surface area contributed by atoms with E-state index in [4.69, 9.17) is 0 Å². The van der Waals surface area contributed by atoms with Crippen LogP contribution in [0.2, 0.25) is 0 Å². The van der Waals surface area contributed by atoms with Crippen molar-refractivity contribution >= 4 is 21.6 Å². The van der Waals surface area contributed by atoms with Crippen LogP contribution in [0.4, 0.5) is 5.69 Å². The molecule has 0 aliphatic heterocycles. The maximum absolute atomic E-state index is 9.91. The van der Waals surface area contributed by atoms with Crippen LogP contribution in [-0.2, 0) is 5.54 Å². The molecule has 2 rings (SSSR count). The first-order valence-electron chi connectivity index (χ1n) is 6.67. The Bertz CT molecular complexity index is 612. The molecule has 0 bridgehead atoms. The van der Waals surface area contributed by atoms with Crippen LogP contribution in [0.5, 0.6) is 0 Å². The third kappa shape index (κ3) is 3.05. The molecule has 0 amide bonds. The van der Waals surface area contributed by atoms with Gasteiger partial charge in [0.1, 0.15) is 0 Å². The van der Waals surface area contributed by atoms with Crippen molar-refractivity contribution in [1.82, 2.24) is 0 Å². The first kappa shape index (κ1) is 15.1. The van der Waals surface area contributed by atoms with Crippen LogP contribution < -0.4 is 5.32 Å². The van der Waals surface area contributed by atoms with Crippen LogP contribution in [0.3, 0.4) is 0 Å². The van der Waals surface area contributed by atoms with Gasteiger partial charge in [0.25, 0.3) is 0 Å². The average Bonchev–Trinajstić information content (AvgIpc) is 2.41. The fourth-order valence-electron chi connectivity index (χ4n) is 2.48. The SMILES string of the molecule is Cc1ccc(C(C)(CO)Nc2ccccc2Br)c(C)c1. The van der Waals surface area contributed by atoms with Crippen LogP contribution in [0.15, 0.2) is 46.9 Å². The maximum Gasteiger partial charge on any atom is 0.0831 e. The molecule has 0 radical (unpaired) electrons. The molecule has 2 nitrogen and oxygen atoms in total. The molecule has 2 aromatic carbocycles. The van der Waals surface area contributed by atoms with Crippen molar-refractivity contribution in [2.45, 2.75) is 26.3 Å². The lowest BCUT2D eigenvalue weighted by atomic mass is 9.88. The van der Waals surface area contributed by atoms with Crippen LogP contribution in [0.25, 0.3) is 0 Å². The van der Waals surface area contributed by atoms with Gasteiger partial charge in [-0.2, -0.15) is 0 Å². The number of halogens is 1. The quantitative estimate of drug-likeness (QED) is 0.869. The molecule has 106 valence electrons. The monoisotopic (exact) mass is 333 g/mol. The number of rotatable bonds is 4. The van der Waals surface area contributed by atoms with E-state index in [1.54, 1.807) is 0 Å². The van der Waals surface area contributed by atoms with Gasteiger partial charge in [0, 0.05) is 10.2 Å². The molecule has 1 atom stereocenters. The predicted molar refractivity (Wildman–Crippen MR) is 88.1 cm³/mol. The number of benzene rings is 2. The highest BCUT2D eigenvalue weighted by molar-refractivity contribution is 9.10. The van der Waals surface area contributed by atoms with Crippen molar-refractivity contribution in [1.29, 1.82) is 0 Å². The number of aryl methyl sites for hydroxylation is 2. The summed E-state index contributed by atoms with van der Waals surface area (Å²) in [7, 11) is 0. The predicted octanol–water partition coefficient (Wildman–Crippen LogP) is 4.39. The van der Waals surface area contributed by atoms with E-state index in [1.807, 2.05) is 31.2 Å². The normalized spacial score (nSPS) is 13.8. The molecular weight excluding hydrogens is 314 g/mol. The average molecular weight is 334 g/mol. The zero-order valence-electron chi connectivity index (χ0n) is 12.1. The number of nitrogens with one attached hydrogen (secondary N) is 1. The lowest BCUT2D eigenvalue weighted by Crippen LogP contribution is -2.36. The molecule has 0 aliphatic rings. The van der Waals surface area contributed by atoms with Crippen LogP contribution in [0, 0.1) is 13.8 Å². The van der Waals surface area contributed by atoms with Crippen LogP contribution in [-0.4, -0.2) is 11.7 Å². The van der Waals surface area contributed by atoms with Gasteiger partial charge < -0.3 is 10.4 Å². The smallest absolute Gasteiger partial charge is 0.0831 e. The fourth-order valence-corrected chi connectivity index (χ4v) is 2.87. The molecule has 1 unspecified atom stereocenters. The molecule has 0 fully saturated rings. The third-order valence-corrected chi connectivity index (χ3v) is 4.27. The molecule has 0 saturated carbocycles. The highest BCUT2D eigenvalue weighted by Gasteiger charge is 2.27. The lowest BCUT2D eigenvalue weighted by molar-refractivity contribution is 0.223. The van der Waals surface area contributed by atoms with Gasteiger partial charge in [0.15, 0.2) is 0 Å². The standard InChI is InChI=1S/C17H20BrNO/c1-12-8-9-14(13(2)10-12)17(3,11-20)19-16-7-5-4-6-15(16)18/h4-10,19-20H,11H2,1-3H3. The Morgan fingerprint density at radius 1 is 1.15 bits per heavy atom. The molecule has 0 spiro atoms. The maximum atomic E-state index is 9.91. The third-order valence-electron chi connectivity index (χ3n) is 3.58. The van der Waals surface area contributed by atoms with Crippen LogP contribution >= 0.6 is 15.9 Å². The van der Waals surface area contributed by atoms with Gasteiger partial charge in [0.2, 0.25) is 0 Å². The summed E-state index contributed by atoms with van der Waals surface area (Å²) in [6.07, 6.45) is 0. The van der Waals surface area contributed by atoms with Crippen molar-refractivity contribution in [3.8, 4) is 0 Å². The zero-order chi connectivity index (χ0) is 14.8. The van der Waals surface area contributed by atoms with Crippen LogP contribution in [0.1, 0.15) is 23.6 Å². The molecular formula is C17H20BrNO. The van der Waals surface area contributed by atoms with E-state index in [0.29, 0.717) is 0 Å². The van der Waals surface area contributed by atoms with Crippen molar-refractivity contribution in [3.05, 3.63) is 63.6 Å². The second kappa shape index (κ2) is 5.98. The van der Waals surface area contributed by atoms with Gasteiger partial charge in [-0.15, -0.1) is 0 Å². The topological polar surface area (TPSA) is 32.3 Å². The highest BCUT2D eigenvalue weighted by atomic mass is 79.9. The van der Waals surface area contributed by atoms with Crippen molar-refractivity contribution in [3.63, 3.8) is 0 Å². The van der Waals surface area contributed by atoms with Gasteiger partial charge in [0.05, 0.1) is 12.1 Å². The first-order chi connectivity index (χ1) is 9.46. The number of para-hydroxylation sites is 1. The van der Waals surface area contributed by atoms with Crippen molar-refractivity contribution in [2.24, 2.45) is 0 Å². The minimum absolute atomic E-state index is 0.0260. The van der Waals surface area contributed by atoms with Gasteiger partial charge in [-0.3, -0.25) is 0 Å². The largest absolute Gasteiger partial charge is 0.394 e. The summed E-state index contributed by atoms with van der Waals surface area (Å²) in [6.45, 7) is 6.20. The van der Waals surface area contributed by atoms with E-state index in [9.17, 15) is 5.11 Å². The fraction of sp³-hybridized carbons (Fsp3) is 0.294. The summed E-state index contributed by atoms with van der Waals surface area (Å²) in [4.78, 5) is 0. The summed E-state index contributed by atoms with van der Waals surface area (Å²) in [5.41, 5.74) is 3.99. The Kier molecular flexibility index (Phi) is 4.51. The number of hydrogen-bond acceptors (Lipinski definition) is 2. The molecule has 0 aliphatic carbocycles. The van der Waals surface area contributed by atoms with E-state index in [2.05, 4.69) is 53.3 Å². The van der Waals surface area contributed by atoms with E-state index >= 15 is 0 Å². The Morgan fingerprint density at radius 2 is 1.85 bits per heavy atom. The minimum atomic E-state index is -0.512. The van der Waals surface area contributed by atoms with Gasteiger partial charge in [-0.1, -0.05) is 35.9 Å². The number of aliphatic hydroxyl groups excluding tert-OH is 1. The van der Waals surface area contributed by atoms with Crippen molar-refractivity contribution in [2.75, 3.05) is 11.9 Å². The molecule has 20 heavy (non-hydrogen) atoms. The Morgan fingerprint density at radius 3 is 2.45 bits per heavy atom. The Hall–Kier alpha value is -1.32. The molecule has 0 aromatic heterocycles. The number of aliphatic hydroxyl groups is 1. The van der Waals surface area contributed by atoms with Gasteiger partial charge in [-0.25, -0.2) is 0 Å². The van der Waals surface area contributed by atoms with E-state index in [0.717, 1.165) is 15.7 Å². The molecule has 2 N–H and O–H groups in total. The summed E-state index contributed by atoms with van der Waals surface area (Å²) >= 11 is 3.54. The number of anilines is 1. The van der Waals surface area contributed by atoms with Crippen molar-refractivity contribution < 1.29 is 5.11 Å². The Labute approximate surface area is 129 Å². The highest BCUT2D eigenvalue weighted by Crippen LogP contribution is 2.32.